The third kappa shape index (κ3) is 4.00. The third-order valence-electron chi connectivity index (χ3n) is 5.38. The van der Waals surface area contributed by atoms with E-state index in [1.54, 1.807) is 6.20 Å². The Kier molecular flexibility index (Phi) is 5.42. The van der Waals surface area contributed by atoms with Gasteiger partial charge >= 0.3 is 0 Å². The van der Waals surface area contributed by atoms with Gasteiger partial charge < -0.3 is 30.7 Å². The summed E-state index contributed by atoms with van der Waals surface area (Å²) in [4.78, 5) is 19.5. The maximum absolute atomic E-state index is 13.1. The Balaban J connectivity index is 1.68. The van der Waals surface area contributed by atoms with Gasteiger partial charge in [0.2, 0.25) is 0 Å². The molecule has 160 valence electrons. The molecular formula is C22H29N5O3. The number of anilines is 4. The lowest BCUT2D eigenvalue weighted by molar-refractivity contribution is 0.102. The van der Waals surface area contributed by atoms with Gasteiger partial charge in [-0.25, -0.2) is 0 Å². The zero-order valence-corrected chi connectivity index (χ0v) is 17.7. The molecule has 0 spiro atoms. The van der Waals surface area contributed by atoms with Crippen molar-refractivity contribution in [3.05, 3.63) is 35.7 Å². The molecule has 2 aliphatic rings. The lowest BCUT2D eigenvalue weighted by Gasteiger charge is -2.31. The first kappa shape index (κ1) is 20.3. The molecule has 8 heteroatoms. The van der Waals surface area contributed by atoms with Crippen LogP contribution in [0.5, 0.6) is 5.75 Å². The topological polar surface area (TPSA) is 102 Å². The second-order valence-corrected chi connectivity index (χ2v) is 8.25. The SMILES string of the molecule is CCNc1cncc(C(=O)Nc2cc3c(cc2N2CCOCC2)OC(C)(C)C3)c1N. The highest BCUT2D eigenvalue weighted by Gasteiger charge is 2.32. The van der Waals surface area contributed by atoms with Crippen molar-refractivity contribution in [2.75, 3.05) is 54.1 Å². The van der Waals surface area contributed by atoms with Crippen LogP contribution in [0.25, 0.3) is 0 Å². The number of pyridine rings is 1. The van der Waals surface area contributed by atoms with Gasteiger partial charge in [0.15, 0.2) is 0 Å². The number of aromatic nitrogens is 1. The number of carbonyl (C=O) groups is 1. The smallest absolute Gasteiger partial charge is 0.259 e. The molecule has 0 unspecified atom stereocenters. The maximum Gasteiger partial charge on any atom is 0.259 e. The van der Waals surface area contributed by atoms with Gasteiger partial charge in [0.25, 0.3) is 5.91 Å². The molecule has 30 heavy (non-hydrogen) atoms. The summed E-state index contributed by atoms with van der Waals surface area (Å²) >= 11 is 0. The maximum atomic E-state index is 13.1. The number of fused-ring (bicyclic) bond motifs is 1. The Morgan fingerprint density at radius 3 is 2.73 bits per heavy atom. The average Bonchev–Trinajstić information content (AvgIpc) is 3.02. The van der Waals surface area contributed by atoms with Crippen LogP contribution in [0, 0.1) is 0 Å². The molecule has 0 atom stereocenters. The Hall–Kier alpha value is -3.00. The number of nitrogens with zero attached hydrogens (tertiary/aromatic N) is 2. The number of morpholine rings is 1. The molecule has 4 N–H and O–H groups in total. The van der Waals surface area contributed by atoms with Crippen LogP contribution in [-0.2, 0) is 11.2 Å². The molecule has 1 fully saturated rings. The van der Waals surface area contributed by atoms with Crippen LogP contribution in [0.1, 0.15) is 36.7 Å². The zero-order chi connectivity index (χ0) is 21.3. The van der Waals surface area contributed by atoms with Gasteiger partial charge in [-0.05, 0) is 26.8 Å². The van der Waals surface area contributed by atoms with E-state index in [0.29, 0.717) is 36.7 Å². The summed E-state index contributed by atoms with van der Waals surface area (Å²) < 4.78 is 11.6. The van der Waals surface area contributed by atoms with Crippen LogP contribution in [0.15, 0.2) is 24.5 Å². The lowest BCUT2D eigenvalue weighted by atomic mass is 10.0. The van der Waals surface area contributed by atoms with Crippen LogP contribution in [-0.4, -0.2) is 49.3 Å². The van der Waals surface area contributed by atoms with Gasteiger partial charge in [-0.3, -0.25) is 9.78 Å². The number of nitrogens with one attached hydrogen (secondary N) is 2. The third-order valence-corrected chi connectivity index (χ3v) is 5.38. The van der Waals surface area contributed by atoms with E-state index in [1.165, 1.54) is 6.20 Å². The summed E-state index contributed by atoms with van der Waals surface area (Å²) in [5, 5.41) is 6.20. The molecule has 0 saturated carbocycles. The highest BCUT2D eigenvalue weighted by molar-refractivity contribution is 6.10. The number of rotatable bonds is 5. The van der Waals surface area contributed by atoms with E-state index in [4.69, 9.17) is 15.2 Å². The van der Waals surface area contributed by atoms with Crippen LogP contribution in [0.3, 0.4) is 0 Å². The molecule has 2 aliphatic heterocycles. The van der Waals surface area contributed by atoms with E-state index in [9.17, 15) is 4.79 Å². The van der Waals surface area contributed by atoms with Crippen molar-refractivity contribution in [1.82, 2.24) is 4.98 Å². The number of nitrogen functional groups attached to an aromatic ring is 1. The molecule has 0 bridgehead atoms. The number of nitrogens with two attached hydrogens (primary N) is 1. The van der Waals surface area contributed by atoms with Gasteiger partial charge in [0, 0.05) is 43.9 Å². The van der Waals surface area contributed by atoms with E-state index in [-0.39, 0.29) is 11.5 Å². The Morgan fingerprint density at radius 1 is 1.23 bits per heavy atom. The molecule has 1 saturated heterocycles. The minimum Gasteiger partial charge on any atom is -0.487 e. The normalized spacial score (nSPS) is 17.2. The van der Waals surface area contributed by atoms with Crippen molar-refractivity contribution in [3.63, 3.8) is 0 Å². The quantitative estimate of drug-likeness (QED) is 0.695. The predicted molar refractivity (Wildman–Crippen MR) is 119 cm³/mol. The molecule has 8 nitrogen and oxygen atoms in total. The monoisotopic (exact) mass is 411 g/mol. The summed E-state index contributed by atoms with van der Waals surface area (Å²) in [5.41, 5.74) is 10.1. The fourth-order valence-corrected chi connectivity index (χ4v) is 3.98. The summed E-state index contributed by atoms with van der Waals surface area (Å²) in [5.74, 6) is 0.585. The standard InChI is InChI=1S/C22H29N5O3/c1-4-25-17-13-24-12-15(20(17)23)21(28)26-16-9-14-11-22(2,3)30-19(14)10-18(16)27-5-7-29-8-6-27/h9-10,12-13,25H,4-8,11H2,1-3H3,(H2,23,24)(H,26,28). The molecule has 0 radical (unpaired) electrons. The van der Waals surface area contributed by atoms with Crippen LogP contribution in [0.2, 0.25) is 0 Å². The fraction of sp³-hybridized carbons (Fsp3) is 0.455. The molecule has 1 amide bonds. The first-order valence-corrected chi connectivity index (χ1v) is 10.4. The zero-order valence-electron chi connectivity index (χ0n) is 17.7. The van der Waals surface area contributed by atoms with Crippen LogP contribution < -0.4 is 26.0 Å². The minimum absolute atomic E-state index is 0.262. The Labute approximate surface area is 176 Å². The van der Waals surface area contributed by atoms with Crippen LogP contribution >= 0.6 is 0 Å². The Morgan fingerprint density at radius 2 is 2.00 bits per heavy atom. The van der Waals surface area contributed by atoms with Gasteiger partial charge in [-0.15, -0.1) is 0 Å². The van der Waals surface area contributed by atoms with Gasteiger partial charge in [0.1, 0.15) is 11.4 Å². The van der Waals surface area contributed by atoms with Crippen molar-refractivity contribution in [3.8, 4) is 5.75 Å². The minimum atomic E-state index is -0.285. The van der Waals surface area contributed by atoms with Crippen molar-refractivity contribution >= 4 is 28.7 Å². The number of ether oxygens (including phenoxy) is 2. The van der Waals surface area contributed by atoms with Crippen molar-refractivity contribution in [2.24, 2.45) is 0 Å². The number of amides is 1. The van der Waals surface area contributed by atoms with Gasteiger partial charge in [0.05, 0.1) is 47.7 Å². The summed E-state index contributed by atoms with van der Waals surface area (Å²) in [6.45, 7) is 9.61. The molecule has 1 aromatic carbocycles. The summed E-state index contributed by atoms with van der Waals surface area (Å²) in [6, 6.07) is 4.05. The molecule has 3 heterocycles. The molecule has 1 aromatic heterocycles. The average molecular weight is 412 g/mol. The number of benzene rings is 1. The van der Waals surface area contributed by atoms with Crippen molar-refractivity contribution in [2.45, 2.75) is 32.8 Å². The number of hydrogen-bond donors (Lipinski definition) is 3. The second-order valence-electron chi connectivity index (χ2n) is 8.25. The first-order chi connectivity index (χ1) is 14.4. The number of hydrogen-bond acceptors (Lipinski definition) is 7. The van der Waals surface area contributed by atoms with E-state index < -0.39 is 0 Å². The van der Waals surface area contributed by atoms with Crippen molar-refractivity contribution < 1.29 is 14.3 Å². The van der Waals surface area contributed by atoms with E-state index in [2.05, 4.69) is 34.4 Å². The van der Waals surface area contributed by atoms with E-state index in [1.807, 2.05) is 19.1 Å². The highest BCUT2D eigenvalue weighted by atomic mass is 16.5. The lowest BCUT2D eigenvalue weighted by Crippen LogP contribution is -2.36. The van der Waals surface area contributed by atoms with Crippen molar-refractivity contribution in [1.29, 1.82) is 0 Å². The highest BCUT2D eigenvalue weighted by Crippen LogP contribution is 2.42. The van der Waals surface area contributed by atoms with E-state index in [0.717, 1.165) is 42.2 Å². The largest absolute Gasteiger partial charge is 0.487 e. The van der Waals surface area contributed by atoms with Crippen LogP contribution in [0.4, 0.5) is 22.7 Å². The fourth-order valence-electron chi connectivity index (χ4n) is 3.98. The number of carbonyl (C=O) groups excluding carboxylic acids is 1. The Bertz CT molecular complexity index is 954. The summed E-state index contributed by atoms with van der Waals surface area (Å²) in [6.07, 6.45) is 3.91. The van der Waals surface area contributed by atoms with E-state index >= 15 is 0 Å². The summed E-state index contributed by atoms with van der Waals surface area (Å²) in [7, 11) is 0. The second kappa shape index (κ2) is 8.02. The predicted octanol–water partition coefficient (Wildman–Crippen LogP) is 2.90. The van der Waals surface area contributed by atoms with Gasteiger partial charge in [-0.2, -0.15) is 0 Å². The van der Waals surface area contributed by atoms with Gasteiger partial charge in [-0.1, -0.05) is 0 Å². The first-order valence-electron chi connectivity index (χ1n) is 10.4. The molecule has 4 rings (SSSR count). The molecular weight excluding hydrogens is 382 g/mol. The molecule has 0 aliphatic carbocycles. The molecule has 2 aromatic rings.